The van der Waals surface area contributed by atoms with Gasteiger partial charge in [-0.25, -0.2) is 4.79 Å². The number of carboxylic acids is 1. The summed E-state index contributed by atoms with van der Waals surface area (Å²) < 4.78 is 9.95. The Morgan fingerprint density at radius 3 is 2.37 bits per heavy atom. The molecular formula is C18H22N2O6S. The number of fused-ring (bicyclic) bond motifs is 1. The number of nitrogens with zero attached hydrogens (tertiary/aromatic N) is 1. The van der Waals surface area contributed by atoms with Crippen molar-refractivity contribution in [3.8, 4) is 11.5 Å². The van der Waals surface area contributed by atoms with Crippen molar-refractivity contribution in [2.24, 2.45) is 0 Å². The Morgan fingerprint density at radius 1 is 1.26 bits per heavy atom. The van der Waals surface area contributed by atoms with Crippen LogP contribution in [0.15, 0.2) is 18.2 Å². The van der Waals surface area contributed by atoms with E-state index in [4.69, 9.17) is 9.47 Å². The molecule has 27 heavy (non-hydrogen) atoms. The summed E-state index contributed by atoms with van der Waals surface area (Å²) in [7, 11) is 3.01. The first-order valence-electron chi connectivity index (χ1n) is 8.43. The van der Waals surface area contributed by atoms with Gasteiger partial charge < -0.3 is 24.8 Å². The van der Waals surface area contributed by atoms with Crippen LogP contribution in [0.1, 0.15) is 19.4 Å². The lowest BCUT2D eigenvalue weighted by Gasteiger charge is -2.43. The summed E-state index contributed by atoms with van der Waals surface area (Å²) in [6, 6.07) is 3.59. The second-order valence-electron chi connectivity index (χ2n) is 6.96. The lowest BCUT2D eigenvalue weighted by atomic mass is 9.96. The number of carboxylic acid groups (broad SMARTS) is 1. The molecule has 2 saturated heterocycles. The van der Waals surface area contributed by atoms with E-state index >= 15 is 0 Å². The topological polar surface area (TPSA) is 105 Å². The Balaban J connectivity index is 1.72. The maximum atomic E-state index is 12.5. The van der Waals surface area contributed by atoms with Gasteiger partial charge in [0.05, 0.1) is 20.6 Å². The summed E-state index contributed by atoms with van der Waals surface area (Å²) in [5.74, 6) is -0.715. The van der Waals surface area contributed by atoms with Crippen LogP contribution in [0, 0.1) is 0 Å². The van der Waals surface area contributed by atoms with Crippen molar-refractivity contribution in [3.05, 3.63) is 23.8 Å². The molecule has 8 nitrogen and oxygen atoms in total. The first-order valence-corrected chi connectivity index (χ1v) is 9.31. The summed E-state index contributed by atoms with van der Waals surface area (Å²) in [5, 5.41) is 11.8. The minimum absolute atomic E-state index is 0.0138. The molecule has 0 saturated carbocycles. The molecule has 0 unspecified atom stereocenters. The lowest BCUT2D eigenvalue weighted by molar-refractivity contribution is -0.161. The number of nitrogens with one attached hydrogen (secondary N) is 1. The minimum atomic E-state index is -1.04. The Kier molecular flexibility index (Phi) is 4.98. The SMILES string of the molecule is COc1cccc(OC)c1CC(=O)N[C@@H]1C(=O)N2[C@@H]1SC(C)(C)[C@@H]2C(=O)O. The van der Waals surface area contributed by atoms with Gasteiger partial charge in [0, 0.05) is 10.3 Å². The molecule has 2 fully saturated rings. The summed E-state index contributed by atoms with van der Waals surface area (Å²) in [6.07, 6.45) is -0.0138. The van der Waals surface area contributed by atoms with Gasteiger partial charge in [-0.05, 0) is 26.0 Å². The molecule has 2 aliphatic rings. The highest BCUT2D eigenvalue weighted by Crippen LogP contribution is 2.50. The van der Waals surface area contributed by atoms with E-state index in [1.165, 1.54) is 30.9 Å². The van der Waals surface area contributed by atoms with Crippen molar-refractivity contribution >= 4 is 29.5 Å². The Hall–Kier alpha value is -2.42. The van der Waals surface area contributed by atoms with Crippen LogP contribution in [-0.2, 0) is 20.8 Å². The molecule has 2 amide bonds. The lowest BCUT2D eigenvalue weighted by Crippen LogP contribution is -2.70. The molecule has 0 aliphatic carbocycles. The number of hydrogen-bond donors (Lipinski definition) is 2. The third-order valence-corrected chi connectivity index (χ3v) is 6.43. The molecular weight excluding hydrogens is 372 g/mol. The van der Waals surface area contributed by atoms with E-state index in [-0.39, 0.29) is 23.6 Å². The molecule has 2 heterocycles. The standard InChI is InChI=1S/C18H22N2O6S/c1-18(2)14(17(23)24)20-15(22)13(16(20)27-18)19-12(21)8-9-10(25-3)6-5-7-11(9)26-4/h5-7,13-14,16H,8H2,1-4H3,(H,19,21)(H,23,24)/t13-,14+,16-/m1/s1. The maximum absolute atomic E-state index is 12.5. The van der Waals surface area contributed by atoms with Crippen LogP contribution in [0.4, 0.5) is 0 Å². The third kappa shape index (κ3) is 3.20. The summed E-state index contributed by atoms with van der Waals surface area (Å²) >= 11 is 1.39. The highest BCUT2D eigenvalue weighted by molar-refractivity contribution is 8.01. The van der Waals surface area contributed by atoms with E-state index in [0.717, 1.165) is 0 Å². The van der Waals surface area contributed by atoms with Crippen molar-refractivity contribution < 1.29 is 29.0 Å². The molecule has 3 atom stereocenters. The van der Waals surface area contributed by atoms with Crippen LogP contribution in [0.5, 0.6) is 11.5 Å². The van der Waals surface area contributed by atoms with E-state index in [1.807, 2.05) is 0 Å². The van der Waals surface area contributed by atoms with Gasteiger partial charge in [-0.2, -0.15) is 0 Å². The molecule has 0 spiro atoms. The smallest absolute Gasteiger partial charge is 0.327 e. The van der Waals surface area contributed by atoms with Crippen molar-refractivity contribution in [3.63, 3.8) is 0 Å². The average molecular weight is 394 g/mol. The number of β-lactam (4-membered cyclic amide) rings is 1. The molecule has 2 N–H and O–H groups in total. The zero-order valence-electron chi connectivity index (χ0n) is 15.5. The predicted octanol–water partition coefficient (Wildman–Crippen LogP) is 0.878. The number of carbonyl (C=O) groups excluding carboxylic acids is 2. The Labute approximate surface area is 161 Å². The van der Waals surface area contributed by atoms with Crippen molar-refractivity contribution in [1.82, 2.24) is 10.2 Å². The molecule has 2 aliphatic heterocycles. The zero-order chi connectivity index (χ0) is 19.9. The first-order chi connectivity index (χ1) is 12.7. The summed E-state index contributed by atoms with van der Waals surface area (Å²) in [4.78, 5) is 37.9. The van der Waals surface area contributed by atoms with Gasteiger partial charge in [-0.3, -0.25) is 9.59 Å². The average Bonchev–Trinajstić information content (AvgIpc) is 2.88. The Morgan fingerprint density at radius 2 is 1.85 bits per heavy atom. The highest BCUT2D eigenvalue weighted by atomic mass is 32.2. The van der Waals surface area contributed by atoms with Gasteiger partial charge in [0.15, 0.2) is 0 Å². The van der Waals surface area contributed by atoms with Gasteiger partial charge in [0.2, 0.25) is 11.8 Å². The van der Waals surface area contributed by atoms with Gasteiger partial charge in [0.25, 0.3) is 0 Å². The van der Waals surface area contributed by atoms with Crippen molar-refractivity contribution in [2.75, 3.05) is 14.2 Å². The molecule has 0 aromatic heterocycles. The van der Waals surface area contributed by atoms with E-state index < -0.39 is 22.8 Å². The summed E-state index contributed by atoms with van der Waals surface area (Å²) in [6.45, 7) is 3.58. The van der Waals surface area contributed by atoms with Crippen molar-refractivity contribution in [2.45, 2.75) is 42.5 Å². The number of carbonyl (C=O) groups is 3. The van der Waals surface area contributed by atoms with Gasteiger partial charge in [-0.15, -0.1) is 11.8 Å². The minimum Gasteiger partial charge on any atom is -0.496 e. The normalized spacial score (nSPS) is 25.4. The second kappa shape index (κ2) is 6.95. The number of aliphatic carboxylic acids is 1. The van der Waals surface area contributed by atoms with E-state index in [9.17, 15) is 19.5 Å². The molecule has 146 valence electrons. The van der Waals surface area contributed by atoms with Gasteiger partial charge in [-0.1, -0.05) is 6.07 Å². The zero-order valence-corrected chi connectivity index (χ0v) is 16.3. The van der Waals surface area contributed by atoms with Crippen LogP contribution in [0.25, 0.3) is 0 Å². The molecule has 0 bridgehead atoms. The van der Waals surface area contributed by atoms with Crippen molar-refractivity contribution in [1.29, 1.82) is 0 Å². The number of thioether (sulfide) groups is 1. The van der Waals surface area contributed by atoms with E-state index in [0.29, 0.717) is 17.1 Å². The van der Waals surface area contributed by atoms with Crippen LogP contribution in [0.2, 0.25) is 0 Å². The fourth-order valence-electron chi connectivity index (χ4n) is 3.63. The molecule has 9 heteroatoms. The quantitative estimate of drug-likeness (QED) is 0.690. The first kappa shape index (κ1) is 19.3. The van der Waals surface area contributed by atoms with Gasteiger partial charge in [0.1, 0.15) is 29.0 Å². The molecule has 0 radical (unpaired) electrons. The van der Waals surface area contributed by atoms with Crippen LogP contribution in [0.3, 0.4) is 0 Å². The van der Waals surface area contributed by atoms with Crippen LogP contribution >= 0.6 is 11.8 Å². The predicted molar refractivity (Wildman–Crippen MR) is 98.9 cm³/mol. The number of ether oxygens (including phenoxy) is 2. The number of hydrogen-bond acceptors (Lipinski definition) is 6. The number of amides is 2. The number of rotatable bonds is 6. The Bertz CT molecular complexity index is 774. The van der Waals surface area contributed by atoms with Gasteiger partial charge >= 0.3 is 5.97 Å². The third-order valence-electron chi connectivity index (χ3n) is 4.86. The monoisotopic (exact) mass is 394 g/mol. The molecule has 1 aromatic rings. The molecule has 3 rings (SSSR count). The largest absolute Gasteiger partial charge is 0.496 e. The van der Waals surface area contributed by atoms with E-state index in [2.05, 4.69) is 5.32 Å². The number of methoxy groups -OCH3 is 2. The number of benzene rings is 1. The fourth-order valence-corrected chi connectivity index (χ4v) is 5.26. The van der Waals surface area contributed by atoms with Crippen LogP contribution < -0.4 is 14.8 Å². The second-order valence-corrected chi connectivity index (χ2v) is 8.73. The maximum Gasteiger partial charge on any atom is 0.327 e. The highest BCUT2D eigenvalue weighted by Gasteiger charge is 2.64. The molecule has 1 aromatic carbocycles. The summed E-state index contributed by atoms with van der Waals surface area (Å²) in [5.41, 5.74) is 0.589. The fraction of sp³-hybridized carbons (Fsp3) is 0.500. The van der Waals surface area contributed by atoms with Crippen LogP contribution in [-0.4, -0.2) is 64.2 Å². The van der Waals surface area contributed by atoms with E-state index in [1.54, 1.807) is 32.0 Å².